The van der Waals surface area contributed by atoms with Crippen molar-refractivity contribution in [2.24, 2.45) is 0 Å². The molecule has 0 aliphatic heterocycles. The molecule has 7 heteroatoms. The van der Waals surface area contributed by atoms with E-state index in [2.05, 4.69) is 10.3 Å². The normalized spacial score (nSPS) is 12.1. The summed E-state index contributed by atoms with van der Waals surface area (Å²) in [6.45, 7) is 0.248. The van der Waals surface area contributed by atoms with Crippen LogP contribution in [0.1, 0.15) is 0 Å². The highest BCUT2D eigenvalue weighted by Gasteiger charge is 2.10. The zero-order valence-corrected chi connectivity index (χ0v) is 8.79. The Labute approximate surface area is 92.2 Å². The molecule has 1 aromatic rings. The maximum absolute atomic E-state index is 10.4. The van der Waals surface area contributed by atoms with E-state index in [4.69, 9.17) is 9.84 Å². The molecule has 1 atom stereocenters. The molecule has 0 radical (unpaired) electrons. The van der Waals surface area contributed by atoms with Crippen LogP contribution in [0.4, 0.5) is 11.5 Å². The van der Waals surface area contributed by atoms with Gasteiger partial charge in [0.05, 0.1) is 24.9 Å². The summed E-state index contributed by atoms with van der Waals surface area (Å²) in [6.07, 6.45) is 1.34. The lowest BCUT2D eigenvalue weighted by molar-refractivity contribution is -0.389. The Bertz CT molecular complexity index is 341. The van der Waals surface area contributed by atoms with Crippen molar-refractivity contribution in [2.45, 2.75) is 6.04 Å². The van der Waals surface area contributed by atoms with Crippen LogP contribution in [0.15, 0.2) is 18.3 Å². The van der Waals surface area contributed by atoms with Gasteiger partial charge >= 0.3 is 5.82 Å². The van der Waals surface area contributed by atoms with E-state index in [0.29, 0.717) is 12.3 Å². The summed E-state index contributed by atoms with van der Waals surface area (Å²) in [6, 6.07) is 2.57. The number of nitrogens with zero attached hydrogens (tertiary/aromatic N) is 2. The van der Waals surface area contributed by atoms with Gasteiger partial charge in [-0.05, 0) is 16.0 Å². The average molecular weight is 227 g/mol. The highest BCUT2D eigenvalue weighted by Crippen LogP contribution is 2.12. The quantitative estimate of drug-likeness (QED) is 0.539. The first-order chi connectivity index (χ1) is 7.67. The largest absolute Gasteiger partial charge is 0.394 e. The van der Waals surface area contributed by atoms with Gasteiger partial charge < -0.3 is 25.3 Å². The Morgan fingerprint density at radius 2 is 2.44 bits per heavy atom. The second-order valence-electron chi connectivity index (χ2n) is 3.14. The molecule has 1 aromatic heterocycles. The highest BCUT2D eigenvalue weighted by atomic mass is 16.6. The Morgan fingerprint density at radius 1 is 1.69 bits per heavy atom. The van der Waals surface area contributed by atoms with Gasteiger partial charge in [0.1, 0.15) is 0 Å². The smallest absolute Gasteiger partial charge is 0.363 e. The fourth-order valence-electron chi connectivity index (χ4n) is 1.16. The number of methoxy groups -OCH3 is 1. The molecule has 1 heterocycles. The summed E-state index contributed by atoms with van der Waals surface area (Å²) in [5.41, 5.74) is 0.599. The zero-order valence-electron chi connectivity index (χ0n) is 8.79. The lowest BCUT2D eigenvalue weighted by Gasteiger charge is -2.15. The molecule has 88 valence electrons. The van der Waals surface area contributed by atoms with Crippen LogP contribution in [0.5, 0.6) is 0 Å². The maximum atomic E-state index is 10.4. The number of ether oxygens (including phenoxy) is 1. The molecule has 7 nitrogen and oxygen atoms in total. The van der Waals surface area contributed by atoms with Crippen LogP contribution in [0.3, 0.4) is 0 Å². The van der Waals surface area contributed by atoms with Crippen LogP contribution >= 0.6 is 0 Å². The number of aliphatic hydroxyl groups excluding tert-OH is 1. The zero-order chi connectivity index (χ0) is 12.0. The number of hydrogen-bond donors (Lipinski definition) is 2. The van der Waals surface area contributed by atoms with E-state index in [1.165, 1.54) is 25.4 Å². The lowest BCUT2D eigenvalue weighted by atomic mass is 10.3. The van der Waals surface area contributed by atoms with Gasteiger partial charge in [-0.15, -0.1) is 0 Å². The van der Waals surface area contributed by atoms with Crippen molar-refractivity contribution in [2.75, 3.05) is 25.6 Å². The van der Waals surface area contributed by atoms with Crippen molar-refractivity contribution in [1.82, 2.24) is 4.98 Å². The third kappa shape index (κ3) is 3.44. The molecule has 1 unspecified atom stereocenters. The van der Waals surface area contributed by atoms with Crippen molar-refractivity contribution in [3.05, 3.63) is 28.4 Å². The third-order valence-electron chi connectivity index (χ3n) is 1.89. The first-order valence-corrected chi connectivity index (χ1v) is 4.64. The summed E-state index contributed by atoms with van der Waals surface area (Å²) < 4.78 is 4.88. The molecule has 0 fully saturated rings. The molecule has 0 amide bonds. The van der Waals surface area contributed by atoms with Gasteiger partial charge in [-0.1, -0.05) is 0 Å². The van der Waals surface area contributed by atoms with Gasteiger partial charge in [0.15, 0.2) is 6.20 Å². The number of aliphatic hydroxyl groups is 1. The summed E-state index contributed by atoms with van der Waals surface area (Å²) in [5, 5.41) is 22.3. The van der Waals surface area contributed by atoms with Crippen LogP contribution in [0, 0.1) is 10.1 Å². The van der Waals surface area contributed by atoms with E-state index in [0.717, 1.165) is 0 Å². The van der Waals surface area contributed by atoms with Gasteiger partial charge in [0.2, 0.25) is 0 Å². The number of anilines is 1. The molecule has 0 saturated carbocycles. The summed E-state index contributed by atoms with van der Waals surface area (Å²) in [5.74, 6) is -0.210. The Morgan fingerprint density at radius 3 is 2.88 bits per heavy atom. The fourth-order valence-corrected chi connectivity index (χ4v) is 1.16. The van der Waals surface area contributed by atoms with Crippen molar-refractivity contribution in [3.8, 4) is 0 Å². The van der Waals surface area contributed by atoms with E-state index < -0.39 is 4.92 Å². The minimum atomic E-state index is -0.567. The molecule has 0 aliphatic rings. The SMILES string of the molecule is COCC(CO)Nc1ccc([N+](=O)[O-])nc1. The first kappa shape index (κ1) is 12.3. The highest BCUT2D eigenvalue weighted by molar-refractivity contribution is 5.44. The number of nitrogens with one attached hydrogen (secondary N) is 1. The Kier molecular flexibility index (Phi) is 4.62. The first-order valence-electron chi connectivity index (χ1n) is 4.64. The van der Waals surface area contributed by atoms with E-state index in [-0.39, 0.29) is 18.5 Å². The average Bonchev–Trinajstić information content (AvgIpc) is 2.29. The summed E-state index contributed by atoms with van der Waals surface area (Å²) >= 11 is 0. The minimum Gasteiger partial charge on any atom is -0.394 e. The van der Waals surface area contributed by atoms with E-state index in [9.17, 15) is 10.1 Å². The lowest BCUT2D eigenvalue weighted by Crippen LogP contribution is -2.28. The molecule has 0 bridgehead atoms. The molecule has 1 rings (SSSR count). The molecule has 16 heavy (non-hydrogen) atoms. The van der Waals surface area contributed by atoms with Crippen LogP contribution in [-0.2, 0) is 4.74 Å². The Hall–Kier alpha value is -1.73. The molecule has 0 spiro atoms. The molecular formula is C9H13N3O4. The van der Waals surface area contributed by atoms with E-state index in [1.807, 2.05) is 0 Å². The van der Waals surface area contributed by atoms with Crippen molar-refractivity contribution < 1.29 is 14.8 Å². The molecule has 0 aliphatic carbocycles. The molecular weight excluding hydrogens is 214 g/mol. The summed E-state index contributed by atoms with van der Waals surface area (Å²) in [4.78, 5) is 13.4. The number of aromatic nitrogens is 1. The molecule has 0 saturated heterocycles. The summed E-state index contributed by atoms with van der Waals surface area (Å²) in [7, 11) is 1.53. The van der Waals surface area contributed by atoms with Crippen LogP contribution in [0.25, 0.3) is 0 Å². The third-order valence-corrected chi connectivity index (χ3v) is 1.89. The van der Waals surface area contributed by atoms with Crippen molar-refractivity contribution in [3.63, 3.8) is 0 Å². The fraction of sp³-hybridized carbons (Fsp3) is 0.444. The maximum Gasteiger partial charge on any atom is 0.363 e. The van der Waals surface area contributed by atoms with Gasteiger partial charge in [-0.2, -0.15) is 0 Å². The van der Waals surface area contributed by atoms with Crippen LogP contribution in [0.2, 0.25) is 0 Å². The molecule has 0 aromatic carbocycles. The second kappa shape index (κ2) is 5.99. The number of nitro groups is 1. The Balaban J connectivity index is 2.63. The predicted octanol–water partition coefficient (Wildman–Crippen LogP) is 0.409. The van der Waals surface area contributed by atoms with E-state index in [1.54, 1.807) is 0 Å². The van der Waals surface area contributed by atoms with Crippen LogP contribution in [-0.4, -0.2) is 41.4 Å². The topological polar surface area (TPSA) is 97.5 Å². The minimum absolute atomic E-state index is 0.0924. The molecule has 2 N–H and O–H groups in total. The van der Waals surface area contributed by atoms with E-state index >= 15 is 0 Å². The van der Waals surface area contributed by atoms with Gasteiger partial charge in [0, 0.05) is 13.2 Å². The predicted molar refractivity (Wildman–Crippen MR) is 57.3 cm³/mol. The van der Waals surface area contributed by atoms with Gasteiger partial charge in [-0.3, -0.25) is 0 Å². The van der Waals surface area contributed by atoms with Crippen molar-refractivity contribution >= 4 is 11.5 Å². The van der Waals surface area contributed by atoms with Gasteiger partial charge in [0.25, 0.3) is 0 Å². The monoisotopic (exact) mass is 227 g/mol. The van der Waals surface area contributed by atoms with Crippen LogP contribution < -0.4 is 5.32 Å². The number of pyridine rings is 1. The van der Waals surface area contributed by atoms with Crippen molar-refractivity contribution in [1.29, 1.82) is 0 Å². The number of rotatable bonds is 6. The standard InChI is InChI=1S/C9H13N3O4/c1-16-6-8(5-13)11-7-2-3-9(10-4-7)12(14)15/h2-4,8,11,13H,5-6H2,1H3. The van der Waals surface area contributed by atoms with Gasteiger partial charge in [-0.25, -0.2) is 0 Å². The number of hydrogen-bond acceptors (Lipinski definition) is 6. The second-order valence-corrected chi connectivity index (χ2v) is 3.14.